The average molecular weight is 314 g/mol. The van der Waals surface area contributed by atoms with Crippen LogP contribution >= 0.6 is 11.6 Å². The molecule has 1 heterocycles. The van der Waals surface area contributed by atoms with Gasteiger partial charge in [-0.15, -0.1) is 0 Å². The lowest BCUT2D eigenvalue weighted by molar-refractivity contribution is -0.146. The first kappa shape index (κ1) is 15.8. The Labute approximate surface area is 127 Å². The maximum Gasteiger partial charge on any atom is 0.310 e. The van der Waals surface area contributed by atoms with E-state index in [1.807, 2.05) is 6.92 Å². The van der Waals surface area contributed by atoms with Crippen LogP contribution in [0.3, 0.4) is 0 Å². The quantitative estimate of drug-likeness (QED) is 0.804. The van der Waals surface area contributed by atoms with Gasteiger partial charge >= 0.3 is 5.97 Å². The normalized spacial score (nSPS) is 21.4. The predicted octanol–water partition coefficient (Wildman–Crippen LogP) is 2.29. The first-order valence-corrected chi connectivity index (χ1v) is 7.10. The number of ether oxygens (including phenoxy) is 1. The van der Waals surface area contributed by atoms with Crippen molar-refractivity contribution in [1.82, 2.24) is 4.90 Å². The number of likely N-dealkylation sites (tertiary alicyclic amines) is 1. The molecule has 2 rings (SSSR count). The van der Waals surface area contributed by atoms with Gasteiger partial charge in [0.05, 0.1) is 19.4 Å². The fourth-order valence-electron chi connectivity index (χ4n) is 2.59. The van der Waals surface area contributed by atoms with Crippen LogP contribution in [0.25, 0.3) is 0 Å². The molecule has 1 fully saturated rings. The van der Waals surface area contributed by atoms with E-state index in [1.54, 1.807) is 11.0 Å². The van der Waals surface area contributed by atoms with Gasteiger partial charge in [-0.05, 0) is 18.1 Å². The molecule has 0 spiro atoms. The van der Waals surface area contributed by atoms with Crippen molar-refractivity contribution in [3.63, 3.8) is 0 Å². The van der Waals surface area contributed by atoms with Gasteiger partial charge in [0.15, 0.2) is 0 Å². The number of carbonyl (C=O) groups is 2. The highest BCUT2D eigenvalue weighted by Gasteiger charge is 2.37. The molecule has 4 nitrogen and oxygen atoms in total. The number of benzene rings is 1. The molecule has 1 aromatic carbocycles. The molecule has 1 aliphatic heterocycles. The zero-order chi connectivity index (χ0) is 15.6. The maximum absolute atomic E-state index is 13.7. The topological polar surface area (TPSA) is 46.6 Å². The lowest BCUT2D eigenvalue weighted by atomic mass is 9.99. The Hall–Kier alpha value is -1.62. The van der Waals surface area contributed by atoms with Crippen LogP contribution in [0.2, 0.25) is 5.02 Å². The Morgan fingerprint density at radius 2 is 2.14 bits per heavy atom. The van der Waals surface area contributed by atoms with Crippen LogP contribution in [0.5, 0.6) is 0 Å². The van der Waals surface area contributed by atoms with Gasteiger partial charge in [-0.1, -0.05) is 24.6 Å². The van der Waals surface area contributed by atoms with Crippen LogP contribution in [0.4, 0.5) is 4.39 Å². The third-order valence-electron chi connectivity index (χ3n) is 3.86. The smallest absolute Gasteiger partial charge is 0.310 e. The summed E-state index contributed by atoms with van der Waals surface area (Å²) >= 11 is 5.93. The standard InChI is InChI=1S/C15H17ClFNO3/c1-9-7-18(8-11(9)15(20)21-2)14(19)6-10-12(16)4-3-5-13(10)17/h3-5,9,11H,6-8H2,1-2H3. The lowest BCUT2D eigenvalue weighted by Gasteiger charge is -2.16. The molecule has 2 unspecified atom stereocenters. The minimum atomic E-state index is -0.493. The highest BCUT2D eigenvalue weighted by Crippen LogP contribution is 2.26. The number of nitrogens with zero attached hydrogens (tertiary/aromatic N) is 1. The Balaban J connectivity index is 2.07. The van der Waals surface area contributed by atoms with Crippen LogP contribution in [-0.2, 0) is 20.7 Å². The molecule has 1 aromatic rings. The van der Waals surface area contributed by atoms with Crippen LogP contribution in [0.1, 0.15) is 12.5 Å². The number of carbonyl (C=O) groups excluding carboxylic acids is 2. The first-order valence-electron chi connectivity index (χ1n) is 6.72. The highest BCUT2D eigenvalue weighted by molar-refractivity contribution is 6.31. The summed E-state index contributed by atoms with van der Waals surface area (Å²) in [5.74, 6) is -1.35. The molecule has 2 atom stereocenters. The van der Waals surface area contributed by atoms with Gasteiger partial charge in [0, 0.05) is 23.7 Å². The second kappa shape index (κ2) is 6.43. The van der Waals surface area contributed by atoms with Crippen molar-refractivity contribution in [2.45, 2.75) is 13.3 Å². The number of esters is 1. The van der Waals surface area contributed by atoms with Crippen LogP contribution in [-0.4, -0.2) is 37.0 Å². The monoisotopic (exact) mass is 313 g/mol. The van der Waals surface area contributed by atoms with Crippen molar-refractivity contribution in [3.05, 3.63) is 34.6 Å². The van der Waals surface area contributed by atoms with E-state index in [9.17, 15) is 14.0 Å². The average Bonchev–Trinajstić information content (AvgIpc) is 2.84. The number of halogens is 2. The summed E-state index contributed by atoms with van der Waals surface area (Å²) in [6.45, 7) is 2.66. The number of hydrogen-bond acceptors (Lipinski definition) is 3. The van der Waals surface area contributed by atoms with Crippen LogP contribution in [0.15, 0.2) is 18.2 Å². The van der Waals surface area contributed by atoms with Crippen molar-refractivity contribution in [1.29, 1.82) is 0 Å². The fraction of sp³-hybridized carbons (Fsp3) is 0.467. The van der Waals surface area contributed by atoms with Crippen LogP contribution < -0.4 is 0 Å². The van der Waals surface area contributed by atoms with Gasteiger partial charge in [-0.2, -0.15) is 0 Å². The number of methoxy groups -OCH3 is 1. The van der Waals surface area contributed by atoms with E-state index in [-0.39, 0.29) is 40.7 Å². The van der Waals surface area contributed by atoms with Gasteiger partial charge in [-0.3, -0.25) is 9.59 Å². The molecule has 21 heavy (non-hydrogen) atoms. The molecule has 1 amide bonds. The van der Waals surface area contributed by atoms with E-state index < -0.39 is 5.82 Å². The third-order valence-corrected chi connectivity index (χ3v) is 4.21. The maximum atomic E-state index is 13.7. The first-order chi connectivity index (χ1) is 9.93. The van der Waals surface area contributed by atoms with Crippen molar-refractivity contribution in [2.24, 2.45) is 11.8 Å². The Morgan fingerprint density at radius 3 is 2.76 bits per heavy atom. The highest BCUT2D eigenvalue weighted by atomic mass is 35.5. The number of hydrogen-bond donors (Lipinski definition) is 0. The molecule has 6 heteroatoms. The minimum absolute atomic E-state index is 0.0255. The minimum Gasteiger partial charge on any atom is -0.469 e. The van der Waals surface area contributed by atoms with E-state index in [0.29, 0.717) is 13.1 Å². The van der Waals surface area contributed by atoms with Gasteiger partial charge in [0.2, 0.25) is 5.91 Å². The molecule has 1 aliphatic rings. The summed E-state index contributed by atoms with van der Waals surface area (Å²) in [4.78, 5) is 25.5. The molecule has 0 N–H and O–H groups in total. The summed E-state index contributed by atoms with van der Waals surface area (Å²) in [7, 11) is 1.33. The molecular weight excluding hydrogens is 297 g/mol. The van der Waals surface area contributed by atoms with Crippen molar-refractivity contribution in [3.8, 4) is 0 Å². The number of amides is 1. The second-order valence-electron chi connectivity index (χ2n) is 5.28. The summed E-state index contributed by atoms with van der Waals surface area (Å²) in [6.07, 6.45) is -0.105. The summed E-state index contributed by atoms with van der Waals surface area (Å²) < 4.78 is 18.4. The van der Waals surface area contributed by atoms with Gasteiger partial charge in [0.1, 0.15) is 5.82 Å². The molecule has 1 saturated heterocycles. The third kappa shape index (κ3) is 3.35. The molecule has 0 aromatic heterocycles. The molecular formula is C15H17ClFNO3. The van der Waals surface area contributed by atoms with Crippen molar-refractivity contribution in [2.75, 3.05) is 20.2 Å². The van der Waals surface area contributed by atoms with E-state index in [1.165, 1.54) is 19.2 Å². The predicted molar refractivity (Wildman–Crippen MR) is 76.4 cm³/mol. The molecule has 0 saturated carbocycles. The zero-order valence-corrected chi connectivity index (χ0v) is 12.7. The van der Waals surface area contributed by atoms with Gasteiger partial charge in [0.25, 0.3) is 0 Å². The molecule has 0 bridgehead atoms. The van der Waals surface area contributed by atoms with E-state index in [2.05, 4.69) is 0 Å². The lowest BCUT2D eigenvalue weighted by Crippen LogP contribution is -2.31. The Kier molecular flexibility index (Phi) is 4.83. The zero-order valence-electron chi connectivity index (χ0n) is 11.9. The SMILES string of the molecule is COC(=O)C1CN(C(=O)Cc2c(F)cccc2Cl)CC1C. The Morgan fingerprint density at radius 1 is 1.43 bits per heavy atom. The van der Waals surface area contributed by atoms with Crippen LogP contribution in [0, 0.1) is 17.7 Å². The van der Waals surface area contributed by atoms with Gasteiger partial charge < -0.3 is 9.64 Å². The Bertz CT molecular complexity index is 544. The summed E-state index contributed by atoms with van der Waals surface area (Å²) in [5, 5.41) is 0.236. The second-order valence-corrected chi connectivity index (χ2v) is 5.69. The summed E-state index contributed by atoms with van der Waals surface area (Å²) in [5.41, 5.74) is 0.193. The van der Waals surface area contributed by atoms with Gasteiger partial charge in [-0.25, -0.2) is 4.39 Å². The molecule has 0 radical (unpaired) electrons. The van der Waals surface area contributed by atoms with Crippen molar-refractivity contribution >= 4 is 23.5 Å². The summed E-state index contributed by atoms with van der Waals surface area (Å²) in [6, 6.07) is 4.33. The van der Waals surface area contributed by atoms with E-state index in [4.69, 9.17) is 16.3 Å². The fourth-order valence-corrected chi connectivity index (χ4v) is 2.82. The van der Waals surface area contributed by atoms with E-state index >= 15 is 0 Å². The molecule has 0 aliphatic carbocycles. The largest absolute Gasteiger partial charge is 0.469 e. The number of rotatable bonds is 3. The molecule has 114 valence electrons. The van der Waals surface area contributed by atoms with Crippen molar-refractivity contribution < 1.29 is 18.7 Å². The van der Waals surface area contributed by atoms with E-state index in [0.717, 1.165) is 0 Å².